The van der Waals surface area contributed by atoms with Crippen LogP contribution in [0.3, 0.4) is 0 Å². The van der Waals surface area contributed by atoms with Gasteiger partial charge in [-0.2, -0.15) is 0 Å². The molecule has 0 saturated heterocycles. The third-order valence-electron chi connectivity index (χ3n) is 12.2. The van der Waals surface area contributed by atoms with Crippen molar-refractivity contribution < 1.29 is 23.8 Å². The maximum atomic E-state index is 12.8. The molecule has 0 aromatic heterocycles. The fourth-order valence-electron chi connectivity index (χ4n) is 7.96. The van der Waals surface area contributed by atoms with E-state index in [9.17, 15) is 9.59 Å². The number of allylic oxidation sites excluding steroid dienone is 12. The molecule has 0 radical (unpaired) electrons. The number of hydrogen-bond donors (Lipinski definition) is 0. The van der Waals surface area contributed by atoms with Crippen LogP contribution in [0.5, 0.6) is 0 Å². The van der Waals surface area contributed by atoms with E-state index in [0.717, 1.165) is 77.0 Å². The van der Waals surface area contributed by atoms with Crippen LogP contribution >= 0.6 is 0 Å². The van der Waals surface area contributed by atoms with Crippen LogP contribution in [0.1, 0.15) is 278 Å². The Morgan fingerprint density at radius 2 is 0.682 bits per heavy atom. The van der Waals surface area contributed by atoms with E-state index < -0.39 is 6.10 Å². The Labute approximate surface area is 410 Å². The van der Waals surface area contributed by atoms with Gasteiger partial charge < -0.3 is 14.2 Å². The highest BCUT2D eigenvalue weighted by Crippen LogP contribution is 2.14. The first-order chi connectivity index (χ1) is 32.6. The molecule has 0 bridgehead atoms. The third-order valence-corrected chi connectivity index (χ3v) is 12.2. The average Bonchev–Trinajstić information content (AvgIpc) is 3.32. The molecule has 5 heteroatoms. The van der Waals surface area contributed by atoms with Crippen LogP contribution in [-0.2, 0) is 23.8 Å². The molecule has 1 atom stereocenters. The van der Waals surface area contributed by atoms with Crippen LogP contribution in [0, 0.1) is 0 Å². The zero-order valence-electron chi connectivity index (χ0n) is 44.0. The molecule has 0 aromatic rings. The van der Waals surface area contributed by atoms with Crippen molar-refractivity contribution in [2.45, 2.75) is 284 Å². The van der Waals surface area contributed by atoms with Gasteiger partial charge in [0.25, 0.3) is 0 Å². The van der Waals surface area contributed by atoms with Gasteiger partial charge >= 0.3 is 11.9 Å². The molecule has 0 amide bonds. The normalized spacial score (nSPS) is 12.7. The Kier molecular flexibility index (Phi) is 54.4. The number of esters is 2. The van der Waals surface area contributed by atoms with E-state index in [2.05, 4.69) is 93.7 Å². The summed E-state index contributed by atoms with van der Waals surface area (Å²) in [5.74, 6) is -0.445. The first-order valence-corrected chi connectivity index (χ1v) is 28.5. The topological polar surface area (TPSA) is 61.8 Å². The quantitative estimate of drug-likeness (QED) is 0.0346. The number of carbonyl (C=O) groups excluding carboxylic acids is 2. The molecular weight excluding hydrogens is 813 g/mol. The van der Waals surface area contributed by atoms with E-state index in [1.807, 2.05) is 0 Å². The summed E-state index contributed by atoms with van der Waals surface area (Å²) in [5, 5.41) is 0. The summed E-state index contributed by atoms with van der Waals surface area (Å²) in [6.07, 6.45) is 73.5. The van der Waals surface area contributed by atoms with Crippen molar-refractivity contribution in [1.29, 1.82) is 0 Å². The van der Waals surface area contributed by atoms with Gasteiger partial charge in [0.15, 0.2) is 6.10 Å². The van der Waals surface area contributed by atoms with Crippen LogP contribution in [0.15, 0.2) is 72.9 Å². The minimum absolute atomic E-state index is 0.0643. The molecule has 1 unspecified atom stereocenters. The van der Waals surface area contributed by atoms with Gasteiger partial charge in [0, 0.05) is 19.4 Å². The van der Waals surface area contributed by atoms with Crippen molar-refractivity contribution in [1.82, 2.24) is 0 Å². The van der Waals surface area contributed by atoms with Crippen LogP contribution in [-0.4, -0.2) is 37.9 Å². The fourth-order valence-corrected chi connectivity index (χ4v) is 7.96. The van der Waals surface area contributed by atoms with E-state index in [-0.39, 0.29) is 25.2 Å². The molecule has 5 nitrogen and oxygen atoms in total. The molecule has 0 aromatic carbocycles. The highest BCUT2D eigenvalue weighted by atomic mass is 16.6. The highest BCUT2D eigenvalue weighted by Gasteiger charge is 2.17. The number of unbranched alkanes of at least 4 members (excludes halogenated alkanes) is 29. The summed E-state index contributed by atoms with van der Waals surface area (Å²) in [6.45, 7) is 7.68. The van der Waals surface area contributed by atoms with Crippen molar-refractivity contribution in [2.24, 2.45) is 0 Å². The van der Waals surface area contributed by atoms with E-state index >= 15 is 0 Å². The fraction of sp³-hybridized carbons (Fsp3) is 0.770. The molecule has 382 valence electrons. The van der Waals surface area contributed by atoms with Crippen molar-refractivity contribution >= 4 is 11.9 Å². The van der Waals surface area contributed by atoms with Crippen LogP contribution in [0.25, 0.3) is 0 Å². The lowest BCUT2D eigenvalue weighted by Gasteiger charge is -2.18. The molecule has 0 spiro atoms. The molecule has 0 N–H and O–H groups in total. The smallest absolute Gasteiger partial charge is 0.306 e. The molecular formula is C61H108O5. The summed E-state index contributed by atoms with van der Waals surface area (Å²) in [7, 11) is 0. The van der Waals surface area contributed by atoms with Crippen LogP contribution < -0.4 is 0 Å². The average molecular weight is 922 g/mol. The Bertz CT molecular complexity index is 1180. The van der Waals surface area contributed by atoms with Gasteiger partial charge in [-0.05, 0) is 109 Å². The maximum absolute atomic E-state index is 12.8. The van der Waals surface area contributed by atoms with Crippen molar-refractivity contribution in [3.05, 3.63) is 72.9 Å². The Hall–Kier alpha value is -2.66. The van der Waals surface area contributed by atoms with Crippen molar-refractivity contribution in [2.75, 3.05) is 19.8 Å². The molecule has 0 aliphatic heterocycles. The second-order valence-corrected chi connectivity index (χ2v) is 18.8. The first kappa shape index (κ1) is 63.3. The molecule has 0 rings (SSSR count). The number of carbonyl (C=O) groups is 2. The van der Waals surface area contributed by atoms with Crippen LogP contribution in [0.2, 0.25) is 0 Å². The Morgan fingerprint density at radius 1 is 0.348 bits per heavy atom. The van der Waals surface area contributed by atoms with Gasteiger partial charge in [-0.3, -0.25) is 9.59 Å². The zero-order valence-corrected chi connectivity index (χ0v) is 44.0. The minimum atomic E-state index is -0.563. The second-order valence-electron chi connectivity index (χ2n) is 18.8. The monoisotopic (exact) mass is 921 g/mol. The lowest BCUT2D eigenvalue weighted by Crippen LogP contribution is -2.30. The van der Waals surface area contributed by atoms with Gasteiger partial charge in [-0.15, -0.1) is 0 Å². The maximum Gasteiger partial charge on any atom is 0.306 e. The SMILES string of the molecule is CC/C=C\C/C=C\C/C=C\C/C=C\CCCCC(=O)OC(COCCCCCCCCCC/C=C\CCCCCCCC)COC(=O)CCCCCCCCC/C=C\CCCCCCCC. The lowest BCUT2D eigenvalue weighted by atomic mass is 10.1. The lowest BCUT2D eigenvalue weighted by molar-refractivity contribution is -0.163. The summed E-state index contributed by atoms with van der Waals surface area (Å²) < 4.78 is 17.4. The van der Waals surface area contributed by atoms with E-state index in [4.69, 9.17) is 14.2 Å². The minimum Gasteiger partial charge on any atom is -0.462 e. The Morgan fingerprint density at radius 3 is 1.14 bits per heavy atom. The first-order valence-electron chi connectivity index (χ1n) is 28.5. The summed E-state index contributed by atoms with van der Waals surface area (Å²) in [6, 6.07) is 0. The van der Waals surface area contributed by atoms with E-state index in [1.165, 1.54) is 167 Å². The summed E-state index contributed by atoms with van der Waals surface area (Å²) >= 11 is 0. The number of ether oxygens (including phenoxy) is 3. The van der Waals surface area contributed by atoms with Gasteiger partial charge in [-0.25, -0.2) is 0 Å². The van der Waals surface area contributed by atoms with Gasteiger partial charge in [0.2, 0.25) is 0 Å². The highest BCUT2D eigenvalue weighted by molar-refractivity contribution is 5.70. The third kappa shape index (κ3) is 54.0. The van der Waals surface area contributed by atoms with Gasteiger partial charge in [-0.1, -0.05) is 229 Å². The number of hydrogen-bond acceptors (Lipinski definition) is 5. The predicted molar refractivity (Wildman–Crippen MR) is 288 cm³/mol. The summed E-state index contributed by atoms with van der Waals surface area (Å²) in [5.41, 5.74) is 0. The van der Waals surface area contributed by atoms with E-state index in [0.29, 0.717) is 19.4 Å². The predicted octanol–water partition coefficient (Wildman–Crippen LogP) is 19.5. The molecule has 0 aliphatic rings. The molecule has 0 aliphatic carbocycles. The van der Waals surface area contributed by atoms with Gasteiger partial charge in [0.1, 0.15) is 6.61 Å². The van der Waals surface area contributed by atoms with Crippen molar-refractivity contribution in [3.63, 3.8) is 0 Å². The van der Waals surface area contributed by atoms with E-state index in [1.54, 1.807) is 0 Å². The van der Waals surface area contributed by atoms with Crippen LogP contribution in [0.4, 0.5) is 0 Å². The number of rotatable bonds is 52. The van der Waals surface area contributed by atoms with Gasteiger partial charge in [0.05, 0.1) is 6.61 Å². The molecule has 0 fully saturated rings. The molecule has 66 heavy (non-hydrogen) atoms. The summed E-state index contributed by atoms with van der Waals surface area (Å²) in [4.78, 5) is 25.5. The second kappa shape index (κ2) is 56.7. The standard InChI is InChI=1S/C61H108O5/c1-4-7-10-13-16-19-22-25-28-30-32-35-38-41-44-47-50-53-56-64-57-59(66-61(63)55-52-49-46-43-40-37-33-27-24-21-18-15-12-9-6-3)58-65-60(62)54-51-48-45-42-39-36-34-31-29-26-23-20-17-14-11-8-5-2/h9,12,18,21,25-29,33,40,43,59H,4-8,10-11,13-17,19-20,22-24,30-32,34-39,41-42,44-58H2,1-3H3/b12-9-,21-18-,28-25-,29-26-,33-27-,43-40-. The Balaban J connectivity index is 4.32. The molecule has 0 saturated carbocycles. The zero-order chi connectivity index (χ0) is 47.7. The molecule has 0 heterocycles. The largest absolute Gasteiger partial charge is 0.462 e. The van der Waals surface area contributed by atoms with Crippen molar-refractivity contribution in [3.8, 4) is 0 Å².